The van der Waals surface area contributed by atoms with Crippen LogP contribution < -0.4 is 14.9 Å². The van der Waals surface area contributed by atoms with Crippen LogP contribution in [0.4, 0.5) is 0 Å². The molecule has 2 aromatic carbocycles. The summed E-state index contributed by atoms with van der Waals surface area (Å²) in [5.41, 5.74) is 0.0347. The maximum atomic E-state index is 13.1. The molecule has 0 radical (unpaired) electrons. The number of aliphatic hydroxyl groups is 3. The van der Waals surface area contributed by atoms with Crippen molar-refractivity contribution in [1.82, 2.24) is 0 Å². The molecular weight excluding hydrogens is 508 g/mol. The van der Waals surface area contributed by atoms with Crippen molar-refractivity contribution in [2.75, 3.05) is 13.7 Å². The third-order valence-electron chi connectivity index (χ3n) is 5.77. The van der Waals surface area contributed by atoms with Gasteiger partial charge in [-0.05, 0) is 24.3 Å². The van der Waals surface area contributed by atoms with Crippen LogP contribution in [-0.2, 0) is 19.1 Å². The van der Waals surface area contributed by atoms with Gasteiger partial charge in [0.1, 0.15) is 71.4 Å². The van der Waals surface area contributed by atoms with Crippen LogP contribution in [-0.4, -0.2) is 81.9 Å². The van der Waals surface area contributed by atoms with E-state index in [-0.39, 0.29) is 34.0 Å². The zero-order chi connectivity index (χ0) is 27.6. The van der Waals surface area contributed by atoms with Gasteiger partial charge in [-0.25, -0.2) is 0 Å². The van der Waals surface area contributed by atoms with E-state index in [0.29, 0.717) is 5.56 Å². The molecule has 1 aromatic heterocycles. The number of rotatable bonds is 8. The summed E-state index contributed by atoms with van der Waals surface area (Å²) in [7, 11) is 1.36. The van der Waals surface area contributed by atoms with Gasteiger partial charge in [0.05, 0.1) is 7.11 Å². The monoisotopic (exact) mass is 532 g/mol. The number of aliphatic hydroxyl groups excluding tert-OH is 3. The molecule has 0 spiro atoms. The van der Waals surface area contributed by atoms with Crippen LogP contribution in [0, 0.1) is 0 Å². The molecule has 2 unspecified atom stereocenters. The number of ether oxygens (including phenoxy) is 4. The first-order valence-corrected chi connectivity index (χ1v) is 11.3. The number of benzene rings is 2. The lowest BCUT2D eigenvalue weighted by Crippen LogP contribution is -2.60. The van der Waals surface area contributed by atoms with Crippen molar-refractivity contribution in [3.63, 3.8) is 0 Å². The Bertz CT molecular complexity index is 1380. The summed E-state index contributed by atoms with van der Waals surface area (Å²) >= 11 is 0. The number of carboxylic acid groups (broad SMARTS) is 1. The highest BCUT2D eigenvalue weighted by Gasteiger charge is 2.45. The quantitative estimate of drug-likeness (QED) is 0.197. The van der Waals surface area contributed by atoms with E-state index < -0.39 is 61.1 Å². The molecule has 1 aliphatic rings. The van der Waals surface area contributed by atoms with Gasteiger partial charge in [0, 0.05) is 23.8 Å². The first kappa shape index (κ1) is 26.9. The van der Waals surface area contributed by atoms with Crippen LogP contribution in [0.3, 0.4) is 0 Å². The molecule has 0 aliphatic carbocycles. The molecule has 5 N–H and O–H groups in total. The largest absolute Gasteiger partial charge is 0.508 e. The van der Waals surface area contributed by atoms with Crippen molar-refractivity contribution in [2.45, 2.75) is 37.1 Å². The molecule has 1 aliphatic heterocycles. The molecule has 1 saturated heterocycles. The molecule has 3 aromatic rings. The second-order valence-corrected chi connectivity index (χ2v) is 8.41. The number of phenols is 1. The van der Waals surface area contributed by atoms with Gasteiger partial charge in [-0.1, -0.05) is 0 Å². The lowest BCUT2D eigenvalue weighted by Gasteiger charge is -2.40. The lowest BCUT2D eigenvalue weighted by atomic mass is 9.99. The molecule has 0 bridgehead atoms. The second kappa shape index (κ2) is 11.1. The molecule has 13 nitrogen and oxygen atoms in total. The third-order valence-corrected chi connectivity index (χ3v) is 5.77. The van der Waals surface area contributed by atoms with E-state index in [1.807, 2.05) is 0 Å². The van der Waals surface area contributed by atoms with E-state index in [9.17, 15) is 34.8 Å². The highest BCUT2D eigenvalue weighted by Crippen LogP contribution is 2.34. The fourth-order valence-electron chi connectivity index (χ4n) is 3.83. The maximum Gasteiger partial charge on any atom is 0.317 e. The van der Waals surface area contributed by atoms with Crippen LogP contribution in [0.5, 0.6) is 17.2 Å². The van der Waals surface area contributed by atoms with Crippen LogP contribution in [0.15, 0.2) is 51.7 Å². The zero-order valence-corrected chi connectivity index (χ0v) is 19.8. The van der Waals surface area contributed by atoms with Gasteiger partial charge in [0.15, 0.2) is 5.43 Å². The maximum absolute atomic E-state index is 13.1. The van der Waals surface area contributed by atoms with E-state index in [4.69, 9.17) is 28.5 Å². The number of methoxy groups -OCH3 is 1. The van der Waals surface area contributed by atoms with Gasteiger partial charge in [0.2, 0.25) is 6.29 Å². The van der Waals surface area contributed by atoms with Crippen molar-refractivity contribution < 1.29 is 58.5 Å². The number of carbonyl (C=O) groups excluding carboxylic acids is 1. The highest BCUT2D eigenvalue weighted by atomic mass is 16.7. The third kappa shape index (κ3) is 5.70. The standard InChI is InChI=1S/C25H24O13/c1-34-13-6-16-21(14(27)8-15(36-16)11-2-4-12(26)5-3-11)17(7-13)37-25-24(33)23(32)22(31)18(38-25)10-35-20(30)9-19(28)29/h2-8,18,22-26,31-33H,9-10H2,1H3,(H,28,29)/t18?,22-,23+,24?,25-/m1/s1. The number of esters is 1. The molecule has 2 heterocycles. The van der Waals surface area contributed by atoms with Gasteiger partial charge in [-0.15, -0.1) is 0 Å². The summed E-state index contributed by atoms with van der Waals surface area (Å²) in [5.74, 6) is -2.23. The van der Waals surface area contributed by atoms with Crippen molar-refractivity contribution >= 4 is 22.9 Å². The van der Waals surface area contributed by atoms with E-state index in [2.05, 4.69) is 0 Å². The van der Waals surface area contributed by atoms with Crippen LogP contribution >= 0.6 is 0 Å². The van der Waals surface area contributed by atoms with Crippen molar-refractivity contribution in [1.29, 1.82) is 0 Å². The number of fused-ring (bicyclic) bond motifs is 1. The summed E-state index contributed by atoms with van der Waals surface area (Å²) in [6, 6.07) is 9.94. The minimum absolute atomic E-state index is 0.0301. The molecule has 1 fully saturated rings. The first-order chi connectivity index (χ1) is 18.1. The van der Waals surface area contributed by atoms with Gasteiger partial charge in [-0.3, -0.25) is 14.4 Å². The average Bonchev–Trinajstić information content (AvgIpc) is 2.87. The van der Waals surface area contributed by atoms with Crippen LogP contribution in [0.2, 0.25) is 0 Å². The Hall–Kier alpha value is -4.17. The molecule has 0 amide bonds. The molecule has 38 heavy (non-hydrogen) atoms. The normalized spacial score (nSPS) is 23.1. The van der Waals surface area contributed by atoms with Crippen molar-refractivity contribution in [3.8, 4) is 28.6 Å². The smallest absolute Gasteiger partial charge is 0.317 e. The fraction of sp³-hybridized carbons (Fsp3) is 0.320. The molecular formula is C25H24O13. The van der Waals surface area contributed by atoms with Gasteiger partial charge in [0.25, 0.3) is 0 Å². The summed E-state index contributed by atoms with van der Waals surface area (Å²) in [5, 5.41) is 49.2. The Balaban J connectivity index is 1.65. The predicted molar refractivity (Wildman–Crippen MR) is 127 cm³/mol. The molecule has 0 saturated carbocycles. The van der Waals surface area contributed by atoms with Crippen molar-refractivity contribution in [3.05, 3.63) is 52.7 Å². The highest BCUT2D eigenvalue weighted by molar-refractivity contribution is 5.90. The number of phenolic OH excluding ortho intramolecular Hbond substituents is 1. The van der Waals surface area contributed by atoms with Crippen LogP contribution in [0.25, 0.3) is 22.3 Å². The molecule has 202 valence electrons. The predicted octanol–water partition coefficient (Wildman–Crippen LogP) is 0.379. The Morgan fingerprint density at radius 3 is 2.37 bits per heavy atom. The number of hydrogen-bond acceptors (Lipinski definition) is 12. The summed E-state index contributed by atoms with van der Waals surface area (Å²) in [6.45, 7) is -0.645. The second-order valence-electron chi connectivity index (χ2n) is 8.41. The summed E-state index contributed by atoms with van der Waals surface area (Å²) < 4.78 is 27.2. The van der Waals surface area contributed by atoms with E-state index in [1.165, 1.54) is 37.4 Å². The zero-order valence-electron chi connectivity index (χ0n) is 19.8. The first-order valence-electron chi connectivity index (χ1n) is 11.3. The topological polar surface area (TPSA) is 202 Å². The average molecular weight is 532 g/mol. The van der Waals surface area contributed by atoms with Crippen molar-refractivity contribution in [2.24, 2.45) is 0 Å². The van der Waals surface area contributed by atoms with Gasteiger partial charge >= 0.3 is 11.9 Å². The summed E-state index contributed by atoms with van der Waals surface area (Å²) in [4.78, 5) is 35.3. The Morgan fingerprint density at radius 2 is 1.71 bits per heavy atom. The van der Waals surface area contributed by atoms with Gasteiger partial charge in [-0.2, -0.15) is 0 Å². The van der Waals surface area contributed by atoms with E-state index >= 15 is 0 Å². The Labute approximate surface area is 214 Å². The number of aliphatic carboxylic acids is 1. The molecule has 4 rings (SSSR count). The fourth-order valence-corrected chi connectivity index (χ4v) is 3.83. The number of carboxylic acids is 1. The van der Waals surface area contributed by atoms with Gasteiger partial charge < -0.3 is 48.9 Å². The van der Waals surface area contributed by atoms with E-state index in [1.54, 1.807) is 12.1 Å². The Morgan fingerprint density at radius 1 is 1.00 bits per heavy atom. The molecule has 5 atom stereocenters. The molecule has 13 heteroatoms. The minimum atomic E-state index is -1.80. The number of aromatic hydroxyl groups is 1. The van der Waals surface area contributed by atoms with Crippen LogP contribution in [0.1, 0.15) is 6.42 Å². The SMILES string of the molecule is COc1cc(O[C@@H]2OC(COC(=O)CC(=O)O)[C@@H](O)[C@H](O)C2O)c2c(=O)cc(-c3ccc(O)cc3)oc2c1. The Kier molecular flexibility index (Phi) is 7.83. The van der Waals surface area contributed by atoms with E-state index in [0.717, 1.165) is 0 Å². The minimum Gasteiger partial charge on any atom is -0.508 e. The number of carbonyl (C=O) groups is 2. The number of hydrogen-bond donors (Lipinski definition) is 5. The summed E-state index contributed by atoms with van der Waals surface area (Å²) in [6.07, 6.45) is -9.27. The lowest BCUT2D eigenvalue weighted by molar-refractivity contribution is -0.278.